The van der Waals surface area contributed by atoms with Crippen molar-refractivity contribution >= 4 is 23.6 Å². The first-order valence-corrected chi connectivity index (χ1v) is 6.36. The van der Waals surface area contributed by atoms with E-state index in [-0.39, 0.29) is 12.3 Å². The van der Waals surface area contributed by atoms with Gasteiger partial charge < -0.3 is 15.2 Å². The summed E-state index contributed by atoms with van der Waals surface area (Å²) >= 11 is 1.50. The topological polar surface area (TPSA) is 75.6 Å². The number of hydrogen-bond donors (Lipinski definition) is 2. The van der Waals surface area contributed by atoms with Gasteiger partial charge in [-0.15, -0.1) is 0 Å². The zero-order valence-corrected chi connectivity index (χ0v) is 10.5. The molecule has 1 amide bonds. The Labute approximate surface area is 99.9 Å². The fourth-order valence-electron chi connectivity index (χ4n) is 1.04. The van der Waals surface area contributed by atoms with Crippen LogP contribution in [-0.2, 0) is 14.3 Å². The Bertz CT molecular complexity index is 223. The summed E-state index contributed by atoms with van der Waals surface area (Å²) in [7, 11) is 1.50. The summed E-state index contributed by atoms with van der Waals surface area (Å²) in [5, 5.41) is 11.3. The zero-order chi connectivity index (χ0) is 12.4. The van der Waals surface area contributed by atoms with Crippen LogP contribution in [0.15, 0.2) is 0 Å². The maximum atomic E-state index is 11.4. The van der Waals surface area contributed by atoms with Gasteiger partial charge in [0.25, 0.3) is 0 Å². The number of methoxy groups -OCH3 is 1. The van der Waals surface area contributed by atoms with Crippen LogP contribution in [0, 0.1) is 0 Å². The normalized spacial score (nSPS) is 12.1. The Hall–Kier alpha value is -0.750. The predicted molar refractivity (Wildman–Crippen MR) is 63.7 cm³/mol. The van der Waals surface area contributed by atoms with Gasteiger partial charge in [0.1, 0.15) is 6.04 Å². The van der Waals surface area contributed by atoms with E-state index in [4.69, 9.17) is 9.84 Å². The van der Waals surface area contributed by atoms with Gasteiger partial charge in [-0.1, -0.05) is 6.92 Å². The minimum absolute atomic E-state index is 0.234. The lowest BCUT2D eigenvalue weighted by molar-refractivity contribution is -0.142. The van der Waals surface area contributed by atoms with E-state index in [1.54, 1.807) is 0 Å². The van der Waals surface area contributed by atoms with Crippen LogP contribution in [0.1, 0.15) is 19.8 Å². The van der Waals surface area contributed by atoms with Gasteiger partial charge in [-0.25, -0.2) is 4.79 Å². The van der Waals surface area contributed by atoms with E-state index in [2.05, 4.69) is 5.32 Å². The second kappa shape index (κ2) is 9.47. The van der Waals surface area contributed by atoms with Gasteiger partial charge in [0.15, 0.2) is 0 Å². The number of amides is 1. The smallest absolute Gasteiger partial charge is 0.326 e. The predicted octanol–water partition coefficient (Wildman–Crippen LogP) is 0.735. The van der Waals surface area contributed by atoms with Crippen molar-refractivity contribution in [1.29, 1.82) is 0 Å². The molecule has 94 valence electrons. The molecular weight excluding hydrogens is 230 g/mol. The van der Waals surface area contributed by atoms with Crippen molar-refractivity contribution in [2.75, 3.05) is 25.2 Å². The first-order chi connectivity index (χ1) is 7.61. The molecule has 0 aliphatic carbocycles. The van der Waals surface area contributed by atoms with E-state index in [0.29, 0.717) is 12.4 Å². The highest BCUT2D eigenvalue weighted by Crippen LogP contribution is 2.02. The highest BCUT2D eigenvalue weighted by atomic mass is 32.2. The van der Waals surface area contributed by atoms with E-state index in [0.717, 1.165) is 12.2 Å². The largest absolute Gasteiger partial charge is 0.480 e. The summed E-state index contributed by atoms with van der Waals surface area (Å²) in [6.07, 6.45) is 1.29. The molecule has 1 unspecified atom stereocenters. The number of carboxylic acids is 1. The Balaban J connectivity index is 3.88. The molecule has 0 spiro atoms. The second-order valence-corrected chi connectivity index (χ2v) is 4.40. The van der Waals surface area contributed by atoms with E-state index < -0.39 is 12.0 Å². The van der Waals surface area contributed by atoms with Crippen molar-refractivity contribution in [3.05, 3.63) is 0 Å². The first kappa shape index (κ1) is 15.2. The van der Waals surface area contributed by atoms with E-state index in [1.165, 1.54) is 18.9 Å². The summed E-state index contributed by atoms with van der Waals surface area (Å²) in [6.45, 7) is 2.35. The number of carbonyl (C=O) groups is 2. The van der Waals surface area contributed by atoms with Gasteiger partial charge in [0, 0.05) is 20.1 Å². The summed E-state index contributed by atoms with van der Waals surface area (Å²) < 4.78 is 4.78. The van der Waals surface area contributed by atoms with Gasteiger partial charge in [-0.05, 0) is 12.2 Å². The molecule has 2 N–H and O–H groups in total. The molecule has 16 heavy (non-hydrogen) atoms. The molecule has 6 heteroatoms. The fraction of sp³-hybridized carbons (Fsp3) is 0.800. The lowest BCUT2D eigenvalue weighted by atomic mass is 10.2. The van der Waals surface area contributed by atoms with Crippen molar-refractivity contribution in [1.82, 2.24) is 5.32 Å². The Kier molecular flexibility index (Phi) is 9.03. The van der Waals surface area contributed by atoms with Crippen molar-refractivity contribution in [2.45, 2.75) is 25.8 Å². The molecule has 0 fully saturated rings. The molecule has 0 aliphatic heterocycles. The molecule has 5 nitrogen and oxygen atoms in total. The summed E-state index contributed by atoms with van der Waals surface area (Å²) in [5.41, 5.74) is 0. The number of rotatable bonds is 9. The molecule has 0 saturated heterocycles. The minimum Gasteiger partial charge on any atom is -0.480 e. The van der Waals surface area contributed by atoms with Gasteiger partial charge in [0.2, 0.25) is 5.91 Å². The molecule has 1 atom stereocenters. The first-order valence-electron chi connectivity index (χ1n) is 5.20. The molecule has 0 aliphatic rings. The average Bonchev–Trinajstić information content (AvgIpc) is 2.24. The lowest BCUT2D eigenvalue weighted by Crippen LogP contribution is -2.42. The van der Waals surface area contributed by atoms with Crippen LogP contribution in [0.2, 0.25) is 0 Å². The molecule has 0 heterocycles. The van der Waals surface area contributed by atoms with Crippen LogP contribution in [0.5, 0.6) is 0 Å². The maximum Gasteiger partial charge on any atom is 0.326 e. The number of nitrogens with one attached hydrogen (secondary N) is 1. The van der Waals surface area contributed by atoms with Crippen LogP contribution >= 0.6 is 11.8 Å². The van der Waals surface area contributed by atoms with Gasteiger partial charge >= 0.3 is 5.97 Å². The van der Waals surface area contributed by atoms with E-state index in [9.17, 15) is 9.59 Å². The number of carboxylic acid groups (broad SMARTS) is 1. The number of ether oxygens (including phenoxy) is 1. The van der Waals surface area contributed by atoms with Crippen LogP contribution in [0.25, 0.3) is 0 Å². The molecule has 0 radical (unpaired) electrons. The van der Waals surface area contributed by atoms with Crippen molar-refractivity contribution in [3.63, 3.8) is 0 Å². The molecule has 0 aromatic carbocycles. The van der Waals surface area contributed by atoms with Crippen molar-refractivity contribution in [2.24, 2.45) is 0 Å². The average molecular weight is 249 g/mol. The highest BCUT2D eigenvalue weighted by molar-refractivity contribution is 7.99. The lowest BCUT2D eigenvalue weighted by Gasteiger charge is -2.13. The molecule has 0 aromatic rings. The molecule has 0 saturated carbocycles. The minimum atomic E-state index is -1.02. The van der Waals surface area contributed by atoms with Crippen LogP contribution in [0.3, 0.4) is 0 Å². The monoisotopic (exact) mass is 249 g/mol. The Morgan fingerprint density at radius 3 is 2.69 bits per heavy atom. The molecular formula is C10H19NO4S. The number of carbonyl (C=O) groups excluding carboxylic acids is 1. The van der Waals surface area contributed by atoms with Crippen molar-refractivity contribution in [3.8, 4) is 0 Å². The quantitative estimate of drug-likeness (QED) is 0.589. The third kappa shape index (κ3) is 7.53. The third-order valence-electron chi connectivity index (χ3n) is 1.83. The maximum absolute atomic E-state index is 11.4. The second-order valence-electron chi connectivity index (χ2n) is 3.29. The van der Waals surface area contributed by atoms with Gasteiger partial charge in [0.05, 0.1) is 5.75 Å². The standard InChI is InChI=1S/C10H19NO4S/c1-3-6-16-7-9(12)11-8(10(13)14)4-5-15-2/h8H,3-7H2,1-2H3,(H,11,12)(H,13,14). The fourth-order valence-corrected chi connectivity index (χ4v) is 1.74. The van der Waals surface area contributed by atoms with Gasteiger partial charge in [-0.2, -0.15) is 11.8 Å². The molecule has 0 aromatic heterocycles. The van der Waals surface area contributed by atoms with E-state index in [1.807, 2.05) is 6.92 Å². The zero-order valence-electron chi connectivity index (χ0n) is 9.69. The van der Waals surface area contributed by atoms with Crippen molar-refractivity contribution < 1.29 is 19.4 Å². The highest BCUT2D eigenvalue weighted by Gasteiger charge is 2.19. The third-order valence-corrected chi connectivity index (χ3v) is 2.99. The van der Waals surface area contributed by atoms with Gasteiger partial charge in [-0.3, -0.25) is 4.79 Å². The number of hydrogen-bond acceptors (Lipinski definition) is 4. The number of thioether (sulfide) groups is 1. The number of aliphatic carboxylic acids is 1. The summed E-state index contributed by atoms with van der Waals surface area (Å²) in [5.74, 6) is -0.0405. The summed E-state index contributed by atoms with van der Waals surface area (Å²) in [4.78, 5) is 22.2. The molecule has 0 rings (SSSR count). The SMILES string of the molecule is CCCSCC(=O)NC(CCOC)C(=O)O. The van der Waals surface area contributed by atoms with Crippen LogP contribution < -0.4 is 5.32 Å². The van der Waals surface area contributed by atoms with E-state index >= 15 is 0 Å². The van der Waals surface area contributed by atoms with Crippen LogP contribution in [-0.4, -0.2) is 48.2 Å². The Morgan fingerprint density at radius 2 is 2.19 bits per heavy atom. The molecule has 0 bridgehead atoms. The van der Waals surface area contributed by atoms with Crippen LogP contribution in [0.4, 0.5) is 0 Å². The Morgan fingerprint density at radius 1 is 1.50 bits per heavy atom. The summed E-state index contributed by atoms with van der Waals surface area (Å²) in [6, 6.07) is -0.852.